The van der Waals surface area contributed by atoms with Gasteiger partial charge in [0.25, 0.3) is 0 Å². The Hall–Kier alpha value is -1.31. The maximum absolute atomic E-state index is 4.83. The van der Waals surface area contributed by atoms with E-state index in [4.69, 9.17) is 5.10 Å². The van der Waals surface area contributed by atoms with Crippen LogP contribution in [0.4, 0.5) is 0 Å². The van der Waals surface area contributed by atoms with E-state index in [2.05, 4.69) is 43.7 Å². The lowest BCUT2D eigenvalue weighted by molar-refractivity contribution is 0.336. The lowest BCUT2D eigenvalue weighted by atomic mass is 9.95. The van der Waals surface area contributed by atoms with Gasteiger partial charge in [-0.2, -0.15) is 5.10 Å². The van der Waals surface area contributed by atoms with Crippen LogP contribution in [-0.2, 0) is 0 Å². The SMILES string of the molecule is Cc1nn(C2CCCCC2)c2cc(C(C)C)ccc12. The first kappa shape index (κ1) is 12.7. The van der Waals surface area contributed by atoms with Gasteiger partial charge in [-0.3, -0.25) is 4.68 Å². The second-order valence-electron chi connectivity index (χ2n) is 6.25. The third kappa shape index (κ3) is 2.29. The van der Waals surface area contributed by atoms with Gasteiger partial charge in [-0.15, -0.1) is 0 Å². The molecule has 1 aromatic heterocycles. The van der Waals surface area contributed by atoms with Crippen LogP contribution in [0.1, 0.15) is 69.2 Å². The van der Waals surface area contributed by atoms with Crippen LogP contribution in [0.5, 0.6) is 0 Å². The minimum absolute atomic E-state index is 0.583. The lowest BCUT2D eigenvalue weighted by Gasteiger charge is -2.23. The zero-order valence-corrected chi connectivity index (χ0v) is 12.3. The van der Waals surface area contributed by atoms with Gasteiger partial charge < -0.3 is 0 Å². The smallest absolute Gasteiger partial charge is 0.0691 e. The van der Waals surface area contributed by atoms with Crippen molar-refractivity contribution in [1.82, 2.24) is 9.78 Å². The molecule has 0 radical (unpaired) electrons. The Kier molecular flexibility index (Phi) is 3.34. The summed E-state index contributed by atoms with van der Waals surface area (Å²) in [6.07, 6.45) is 6.69. The summed E-state index contributed by atoms with van der Waals surface area (Å²) in [5.74, 6) is 0.583. The highest BCUT2D eigenvalue weighted by Crippen LogP contribution is 2.32. The molecule has 2 heteroatoms. The molecule has 102 valence electrons. The molecule has 1 saturated carbocycles. The number of aromatic nitrogens is 2. The molecule has 0 unspecified atom stereocenters. The largest absolute Gasteiger partial charge is 0.262 e. The summed E-state index contributed by atoms with van der Waals surface area (Å²) in [6.45, 7) is 6.65. The first-order chi connectivity index (χ1) is 9.16. The molecule has 0 amide bonds. The van der Waals surface area contributed by atoms with E-state index in [0.717, 1.165) is 0 Å². The van der Waals surface area contributed by atoms with Crippen molar-refractivity contribution < 1.29 is 0 Å². The molecule has 2 nitrogen and oxygen atoms in total. The van der Waals surface area contributed by atoms with Crippen molar-refractivity contribution in [2.75, 3.05) is 0 Å². The summed E-state index contributed by atoms with van der Waals surface area (Å²) >= 11 is 0. The van der Waals surface area contributed by atoms with E-state index in [1.54, 1.807) is 0 Å². The van der Waals surface area contributed by atoms with Gasteiger partial charge in [-0.1, -0.05) is 45.2 Å². The van der Waals surface area contributed by atoms with Crippen LogP contribution in [0.3, 0.4) is 0 Å². The van der Waals surface area contributed by atoms with E-state index in [1.807, 2.05) is 0 Å². The Balaban J connectivity index is 2.09. The maximum Gasteiger partial charge on any atom is 0.0691 e. The van der Waals surface area contributed by atoms with Gasteiger partial charge in [0, 0.05) is 5.39 Å². The van der Waals surface area contributed by atoms with Crippen molar-refractivity contribution in [2.45, 2.75) is 64.8 Å². The van der Waals surface area contributed by atoms with Gasteiger partial charge in [0.2, 0.25) is 0 Å². The molecule has 2 aromatic rings. The summed E-state index contributed by atoms with van der Waals surface area (Å²) in [6, 6.07) is 7.49. The summed E-state index contributed by atoms with van der Waals surface area (Å²) < 4.78 is 2.32. The molecule has 3 rings (SSSR count). The molecule has 0 aliphatic heterocycles. The van der Waals surface area contributed by atoms with Crippen LogP contribution in [0.15, 0.2) is 18.2 Å². The monoisotopic (exact) mass is 256 g/mol. The third-order valence-corrected chi connectivity index (χ3v) is 4.50. The van der Waals surface area contributed by atoms with E-state index in [0.29, 0.717) is 12.0 Å². The van der Waals surface area contributed by atoms with E-state index in [1.165, 1.54) is 54.3 Å². The molecule has 1 aliphatic rings. The van der Waals surface area contributed by atoms with Gasteiger partial charge >= 0.3 is 0 Å². The van der Waals surface area contributed by atoms with Crippen molar-refractivity contribution in [2.24, 2.45) is 0 Å². The second kappa shape index (κ2) is 4.99. The fourth-order valence-corrected chi connectivity index (χ4v) is 3.28. The fourth-order valence-electron chi connectivity index (χ4n) is 3.28. The summed E-state index contributed by atoms with van der Waals surface area (Å²) in [4.78, 5) is 0. The van der Waals surface area contributed by atoms with Crippen molar-refractivity contribution in [3.05, 3.63) is 29.5 Å². The predicted octanol–water partition coefficient (Wildman–Crippen LogP) is 4.97. The zero-order chi connectivity index (χ0) is 13.4. The van der Waals surface area contributed by atoms with Gasteiger partial charge in [0.1, 0.15) is 0 Å². The number of aryl methyl sites for hydroxylation is 1. The topological polar surface area (TPSA) is 17.8 Å². The van der Waals surface area contributed by atoms with E-state index < -0.39 is 0 Å². The number of nitrogens with zero attached hydrogens (tertiary/aromatic N) is 2. The Bertz CT molecular complexity index is 574. The van der Waals surface area contributed by atoms with Gasteiger partial charge in [0.15, 0.2) is 0 Å². The predicted molar refractivity (Wildman–Crippen MR) is 80.7 cm³/mol. The number of hydrogen-bond acceptors (Lipinski definition) is 1. The van der Waals surface area contributed by atoms with E-state index >= 15 is 0 Å². The molecular formula is C17H24N2. The van der Waals surface area contributed by atoms with Crippen molar-refractivity contribution >= 4 is 10.9 Å². The zero-order valence-electron chi connectivity index (χ0n) is 12.3. The molecule has 0 saturated heterocycles. The molecular weight excluding hydrogens is 232 g/mol. The van der Waals surface area contributed by atoms with E-state index in [-0.39, 0.29) is 0 Å². The van der Waals surface area contributed by atoms with Crippen LogP contribution in [0.25, 0.3) is 10.9 Å². The highest BCUT2D eigenvalue weighted by molar-refractivity contribution is 5.82. The second-order valence-corrected chi connectivity index (χ2v) is 6.25. The molecule has 0 bridgehead atoms. The molecule has 0 atom stereocenters. The average Bonchev–Trinajstić information content (AvgIpc) is 2.77. The first-order valence-electron chi connectivity index (χ1n) is 7.65. The van der Waals surface area contributed by atoms with E-state index in [9.17, 15) is 0 Å². The standard InChI is InChI=1S/C17H24N2/c1-12(2)14-9-10-16-13(3)18-19(17(16)11-14)15-7-5-4-6-8-15/h9-12,15H,4-8H2,1-3H3. The first-order valence-corrected chi connectivity index (χ1v) is 7.65. The Labute approximate surface area is 115 Å². The number of fused-ring (bicyclic) bond motifs is 1. The molecule has 1 fully saturated rings. The highest BCUT2D eigenvalue weighted by atomic mass is 15.3. The van der Waals surface area contributed by atoms with Crippen LogP contribution in [-0.4, -0.2) is 9.78 Å². The fraction of sp³-hybridized carbons (Fsp3) is 0.588. The number of benzene rings is 1. The molecule has 1 aliphatic carbocycles. The normalized spacial score (nSPS) is 17.5. The van der Waals surface area contributed by atoms with Crippen molar-refractivity contribution in [3.8, 4) is 0 Å². The summed E-state index contributed by atoms with van der Waals surface area (Å²) in [5.41, 5.74) is 3.94. The maximum atomic E-state index is 4.83. The Morgan fingerprint density at radius 3 is 2.58 bits per heavy atom. The van der Waals surface area contributed by atoms with Crippen LogP contribution < -0.4 is 0 Å². The summed E-state index contributed by atoms with van der Waals surface area (Å²) in [7, 11) is 0. The number of rotatable bonds is 2. The third-order valence-electron chi connectivity index (χ3n) is 4.50. The van der Waals surface area contributed by atoms with Crippen molar-refractivity contribution in [3.63, 3.8) is 0 Å². The molecule has 0 spiro atoms. The van der Waals surface area contributed by atoms with Crippen LogP contribution >= 0.6 is 0 Å². The summed E-state index contributed by atoms with van der Waals surface area (Å²) in [5, 5.41) is 6.16. The lowest BCUT2D eigenvalue weighted by Crippen LogP contribution is -2.14. The Morgan fingerprint density at radius 2 is 1.89 bits per heavy atom. The average molecular weight is 256 g/mol. The number of hydrogen-bond donors (Lipinski definition) is 0. The van der Waals surface area contributed by atoms with Gasteiger partial charge in [-0.05, 0) is 37.3 Å². The molecule has 19 heavy (non-hydrogen) atoms. The minimum atomic E-state index is 0.583. The van der Waals surface area contributed by atoms with Crippen LogP contribution in [0, 0.1) is 6.92 Å². The van der Waals surface area contributed by atoms with Crippen LogP contribution in [0.2, 0.25) is 0 Å². The Morgan fingerprint density at radius 1 is 1.16 bits per heavy atom. The highest BCUT2D eigenvalue weighted by Gasteiger charge is 2.19. The van der Waals surface area contributed by atoms with Crippen molar-refractivity contribution in [1.29, 1.82) is 0 Å². The quantitative estimate of drug-likeness (QED) is 0.741. The molecule has 0 N–H and O–H groups in total. The minimum Gasteiger partial charge on any atom is -0.262 e. The molecule has 1 aromatic carbocycles. The molecule has 1 heterocycles. The van der Waals surface area contributed by atoms with Gasteiger partial charge in [0.05, 0.1) is 17.3 Å². The van der Waals surface area contributed by atoms with Gasteiger partial charge in [-0.25, -0.2) is 0 Å².